The SMILES string of the molecule is Cc1cc(-c2ccccc2)ccc1C(=O)c1ccccc1.O=C(O)c1ccccc1C(=O)c1ccccc1.O=C(c1ccccc1)c1ccccc1. The largest absolute Gasteiger partial charge is 0.478 e. The lowest BCUT2D eigenvalue weighted by Crippen LogP contribution is -2.09. The summed E-state index contributed by atoms with van der Waals surface area (Å²) in [5.41, 5.74) is 7.00. The number of ketones is 3. The van der Waals surface area contributed by atoms with Crippen molar-refractivity contribution in [1.82, 2.24) is 0 Å². The lowest BCUT2D eigenvalue weighted by molar-refractivity contribution is 0.0692. The van der Waals surface area contributed by atoms with Gasteiger partial charge in [-0.15, -0.1) is 0 Å². The van der Waals surface area contributed by atoms with Crippen LogP contribution in [-0.2, 0) is 0 Å². The Hall–Kier alpha value is -6.98. The van der Waals surface area contributed by atoms with Crippen LogP contribution in [0.4, 0.5) is 0 Å². The van der Waals surface area contributed by atoms with E-state index in [2.05, 4.69) is 18.2 Å². The molecule has 0 fully saturated rings. The molecule has 5 nitrogen and oxygen atoms in total. The molecule has 52 heavy (non-hydrogen) atoms. The number of carbonyl (C=O) groups excluding carboxylic acids is 3. The number of carboxylic acid groups (broad SMARTS) is 1. The highest BCUT2D eigenvalue weighted by Gasteiger charge is 2.17. The van der Waals surface area contributed by atoms with Crippen LogP contribution in [0.25, 0.3) is 11.1 Å². The maximum Gasteiger partial charge on any atom is 0.336 e. The number of hydrogen-bond donors (Lipinski definition) is 1. The van der Waals surface area contributed by atoms with Crippen molar-refractivity contribution in [1.29, 1.82) is 0 Å². The molecule has 0 spiro atoms. The maximum atomic E-state index is 12.5. The van der Waals surface area contributed by atoms with Crippen LogP contribution in [0.15, 0.2) is 194 Å². The molecule has 0 radical (unpaired) electrons. The predicted molar refractivity (Wildman–Crippen MR) is 206 cm³/mol. The molecule has 0 saturated carbocycles. The Labute approximate surface area is 303 Å². The van der Waals surface area contributed by atoms with Gasteiger partial charge in [-0.1, -0.05) is 188 Å². The van der Waals surface area contributed by atoms with Crippen molar-refractivity contribution in [2.45, 2.75) is 6.92 Å². The predicted octanol–water partition coefficient (Wildman–Crippen LogP) is 10.4. The third-order valence-corrected chi connectivity index (χ3v) is 8.12. The van der Waals surface area contributed by atoms with E-state index in [0.717, 1.165) is 33.4 Å². The minimum absolute atomic E-state index is 0.0290. The molecule has 0 bridgehead atoms. The van der Waals surface area contributed by atoms with E-state index in [9.17, 15) is 19.2 Å². The van der Waals surface area contributed by atoms with Crippen LogP contribution in [0.2, 0.25) is 0 Å². The molecule has 5 heteroatoms. The summed E-state index contributed by atoms with van der Waals surface area (Å²) in [6, 6.07) is 59.1. The van der Waals surface area contributed by atoms with Crippen molar-refractivity contribution in [3.63, 3.8) is 0 Å². The summed E-state index contributed by atoms with van der Waals surface area (Å²) in [5, 5.41) is 9.01. The van der Waals surface area contributed by atoms with Gasteiger partial charge in [0.15, 0.2) is 17.3 Å². The molecule has 0 unspecified atom stereocenters. The van der Waals surface area contributed by atoms with Crippen molar-refractivity contribution in [3.8, 4) is 11.1 Å². The fraction of sp³-hybridized carbons (Fsp3) is 0.0213. The highest BCUT2D eigenvalue weighted by Crippen LogP contribution is 2.23. The second-order valence-corrected chi connectivity index (χ2v) is 11.7. The Morgan fingerprint density at radius 1 is 0.346 bits per heavy atom. The lowest BCUT2D eigenvalue weighted by Gasteiger charge is -2.08. The molecule has 0 aliphatic carbocycles. The summed E-state index contributed by atoms with van der Waals surface area (Å²) >= 11 is 0. The van der Waals surface area contributed by atoms with E-state index < -0.39 is 5.97 Å². The number of aromatic carboxylic acids is 1. The first kappa shape index (κ1) is 36.3. The van der Waals surface area contributed by atoms with Gasteiger partial charge in [-0.05, 0) is 29.7 Å². The molecular formula is C47H36O5. The van der Waals surface area contributed by atoms with Crippen molar-refractivity contribution < 1.29 is 24.3 Å². The zero-order valence-electron chi connectivity index (χ0n) is 28.6. The number of aryl methyl sites for hydroxylation is 1. The molecule has 0 aromatic heterocycles. The van der Waals surface area contributed by atoms with E-state index in [-0.39, 0.29) is 28.5 Å². The average Bonchev–Trinajstić information content (AvgIpc) is 3.22. The van der Waals surface area contributed by atoms with Gasteiger partial charge < -0.3 is 5.11 Å². The second-order valence-electron chi connectivity index (χ2n) is 11.7. The first-order chi connectivity index (χ1) is 25.3. The Balaban J connectivity index is 0.000000154. The zero-order chi connectivity index (χ0) is 36.7. The van der Waals surface area contributed by atoms with Crippen LogP contribution in [0, 0.1) is 6.92 Å². The number of carbonyl (C=O) groups is 4. The standard InChI is InChI=1S/C20H16O.C14H10O3.C13H10O/c1-15-14-18(16-8-4-2-5-9-16)12-13-19(15)20(21)17-10-6-3-7-11-17;15-13(10-6-2-1-3-7-10)11-8-4-5-9-12(11)14(16)17;14-13(11-7-3-1-4-8-11)12-9-5-2-6-10-12/h2-14H,1H3;1-9H,(H,16,17);1-10H. The van der Waals surface area contributed by atoms with Gasteiger partial charge in [0.2, 0.25) is 0 Å². The summed E-state index contributed by atoms with van der Waals surface area (Å²) in [4.78, 5) is 47.5. The highest BCUT2D eigenvalue weighted by atomic mass is 16.4. The Bertz CT molecular complexity index is 2210. The molecule has 0 aliphatic rings. The van der Waals surface area contributed by atoms with Crippen LogP contribution in [-0.4, -0.2) is 28.4 Å². The quantitative estimate of drug-likeness (QED) is 0.161. The molecule has 0 amide bonds. The average molecular weight is 681 g/mol. The van der Waals surface area contributed by atoms with Gasteiger partial charge in [-0.2, -0.15) is 0 Å². The monoisotopic (exact) mass is 680 g/mol. The maximum absolute atomic E-state index is 12.5. The van der Waals surface area contributed by atoms with Crippen molar-refractivity contribution >= 4 is 23.3 Å². The Morgan fingerprint density at radius 2 is 0.692 bits per heavy atom. The first-order valence-electron chi connectivity index (χ1n) is 16.7. The highest BCUT2D eigenvalue weighted by molar-refractivity contribution is 6.14. The van der Waals surface area contributed by atoms with Gasteiger partial charge in [-0.25, -0.2) is 4.79 Å². The van der Waals surface area contributed by atoms with Crippen LogP contribution < -0.4 is 0 Å². The van der Waals surface area contributed by atoms with E-state index in [1.54, 1.807) is 42.5 Å². The van der Waals surface area contributed by atoms with Gasteiger partial charge >= 0.3 is 5.97 Å². The molecule has 7 aromatic carbocycles. The third-order valence-electron chi connectivity index (χ3n) is 8.12. The molecule has 7 aromatic rings. The zero-order valence-corrected chi connectivity index (χ0v) is 28.6. The van der Waals surface area contributed by atoms with Gasteiger partial charge in [0.05, 0.1) is 5.56 Å². The van der Waals surface area contributed by atoms with Gasteiger partial charge in [0, 0.05) is 33.4 Å². The van der Waals surface area contributed by atoms with Gasteiger partial charge in [0.25, 0.3) is 0 Å². The molecule has 0 saturated heterocycles. The van der Waals surface area contributed by atoms with Gasteiger partial charge in [-0.3, -0.25) is 14.4 Å². The fourth-order valence-corrected chi connectivity index (χ4v) is 5.43. The second kappa shape index (κ2) is 18.1. The molecule has 7 rings (SSSR count). The third kappa shape index (κ3) is 9.59. The lowest BCUT2D eigenvalue weighted by atomic mass is 9.95. The number of rotatable bonds is 8. The Morgan fingerprint density at radius 3 is 1.10 bits per heavy atom. The van der Waals surface area contributed by atoms with Gasteiger partial charge in [0.1, 0.15) is 0 Å². The van der Waals surface area contributed by atoms with Crippen molar-refractivity contribution in [3.05, 3.63) is 239 Å². The van der Waals surface area contributed by atoms with Crippen LogP contribution in [0.3, 0.4) is 0 Å². The van der Waals surface area contributed by atoms with Crippen LogP contribution in [0.5, 0.6) is 0 Å². The minimum Gasteiger partial charge on any atom is -0.478 e. The van der Waals surface area contributed by atoms with Crippen LogP contribution in [0.1, 0.15) is 63.7 Å². The molecule has 1 N–H and O–H groups in total. The van der Waals surface area contributed by atoms with E-state index in [1.165, 1.54) is 17.7 Å². The van der Waals surface area contributed by atoms with E-state index in [4.69, 9.17) is 5.11 Å². The summed E-state index contributed by atoms with van der Waals surface area (Å²) in [5.74, 6) is -1.22. The molecular weight excluding hydrogens is 645 g/mol. The molecule has 0 atom stereocenters. The molecule has 0 heterocycles. The van der Waals surface area contributed by atoms with Crippen molar-refractivity contribution in [2.24, 2.45) is 0 Å². The summed E-state index contributed by atoms with van der Waals surface area (Å²) in [7, 11) is 0. The summed E-state index contributed by atoms with van der Waals surface area (Å²) in [6.07, 6.45) is 0. The normalized spacial score (nSPS) is 10.0. The minimum atomic E-state index is -1.09. The van der Waals surface area contributed by atoms with Crippen LogP contribution >= 0.6 is 0 Å². The summed E-state index contributed by atoms with van der Waals surface area (Å²) < 4.78 is 0. The smallest absolute Gasteiger partial charge is 0.336 e. The first-order valence-corrected chi connectivity index (χ1v) is 16.7. The topological polar surface area (TPSA) is 88.5 Å². The van der Waals surface area contributed by atoms with Crippen molar-refractivity contribution in [2.75, 3.05) is 0 Å². The fourth-order valence-electron chi connectivity index (χ4n) is 5.43. The van der Waals surface area contributed by atoms with E-state index in [1.807, 2.05) is 128 Å². The summed E-state index contributed by atoms with van der Waals surface area (Å²) in [6.45, 7) is 1.99. The van der Waals surface area contributed by atoms with E-state index >= 15 is 0 Å². The van der Waals surface area contributed by atoms with E-state index in [0.29, 0.717) is 5.56 Å². The number of hydrogen-bond acceptors (Lipinski definition) is 4. The Kier molecular flexibility index (Phi) is 12.7. The number of carboxylic acids is 1. The molecule has 254 valence electrons. The molecule has 0 aliphatic heterocycles. The number of benzene rings is 7.